The van der Waals surface area contributed by atoms with Crippen molar-refractivity contribution < 1.29 is 0 Å². The van der Waals surface area contributed by atoms with E-state index in [1.807, 2.05) is 0 Å². The number of nitrogens with two attached hydrogens (primary N) is 1. The molecule has 2 aromatic carbocycles. The van der Waals surface area contributed by atoms with E-state index in [0.717, 1.165) is 0 Å². The molecule has 0 fully saturated rings. The summed E-state index contributed by atoms with van der Waals surface area (Å²) in [5.74, 6) is 0. The van der Waals surface area contributed by atoms with Gasteiger partial charge in [0.25, 0.3) is 0 Å². The molecule has 0 aromatic heterocycles. The van der Waals surface area contributed by atoms with E-state index in [0.29, 0.717) is 0 Å². The van der Waals surface area contributed by atoms with Crippen molar-refractivity contribution in [1.82, 2.24) is 0 Å². The average molecular weight is 253 g/mol. The van der Waals surface area contributed by atoms with Crippen molar-refractivity contribution in [3.8, 4) is 0 Å². The van der Waals surface area contributed by atoms with Crippen molar-refractivity contribution in [1.29, 1.82) is 0 Å². The minimum absolute atomic E-state index is 0.0424. The van der Waals surface area contributed by atoms with Gasteiger partial charge in [0.2, 0.25) is 0 Å². The van der Waals surface area contributed by atoms with E-state index < -0.39 is 0 Å². The van der Waals surface area contributed by atoms with Gasteiger partial charge in [-0.3, -0.25) is 0 Å². The Balaban J connectivity index is 2.55. The van der Waals surface area contributed by atoms with E-state index in [1.165, 1.54) is 38.9 Å². The Labute approximate surface area is 116 Å². The highest BCUT2D eigenvalue weighted by Gasteiger charge is 2.16. The number of hydrogen-bond acceptors (Lipinski definition) is 1. The summed E-state index contributed by atoms with van der Waals surface area (Å²) in [6, 6.07) is 10.7. The van der Waals surface area contributed by atoms with Gasteiger partial charge in [-0.1, -0.05) is 35.9 Å². The van der Waals surface area contributed by atoms with Gasteiger partial charge >= 0.3 is 0 Å². The maximum atomic E-state index is 6.51. The molecule has 0 saturated heterocycles. The predicted octanol–water partition coefficient (Wildman–Crippen LogP) is 4.28. The molecule has 0 aliphatic rings. The summed E-state index contributed by atoms with van der Waals surface area (Å²) < 4.78 is 0. The van der Waals surface area contributed by atoms with Crippen molar-refractivity contribution in [2.75, 3.05) is 0 Å². The fraction of sp³-hybridized carbons (Fsp3) is 0.333. The maximum absolute atomic E-state index is 6.51. The summed E-state index contributed by atoms with van der Waals surface area (Å²) >= 11 is 0. The zero-order valence-corrected chi connectivity index (χ0v) is 12.5. The average Bonchev–Trinajstić information content (AvgIpc) is 2.37. The second kappa shape index (κ2) is 5.18. The highest BCUT2D eigenvalue weighted by Crippen LogP contribution is 2.30. The van der Waals surface area contributed by atoms with Gasteiger partial charge < -0.3 is 5.73 Å². The minimum atomic E-state index is -0.0424. The number of hydrogen-bond donors (Lipinski definition) is 1. The van der Waals surface area contributed by atoms with E-state index in [9.17, 15) is 0 Å². The van der Waals surface area contributed by atoms with Crippen LogP contribution in [-0.4, -0.2) is 0 Å². The molecule has 2 aromatic rings. The molecule has 1 heteroatoms. The van der Waals surface area contributed by atoms with Gasteiger partial charge in [-0.05, 0) is 68.0 Å². The first-order chi connectivity index (χ1) is 8.91. The molecule has 1 unspecified atom stereocenters. The molecule has 0 heterocycles. The SMILES string of the molecule is Cc1ccc(C(N)c2c(C)c(C)cc(C)c2C)cc1. The van der Waals surface area contributed by atoms with Crippen LogP contribution in [0.2, 0.25) is 0 Å². The lowest BCUT2D eigenvalue weighted by molar-refractivity contribution is 0.845. The summed E-state index contributed by atoms with van der Waals surface area (Å²) in [5.41, 5.74) is 15.5. The Kier molecular flexibility index (Phi) is 3.77. The zero-order valence-electron chi connectivity index (χ0n) is 12.5. The van der Waals surface area contributed by atoms with Crippen LogP contribution in [0.25, 0.3) is 0 Å². The third-order valence-corrected chi connectivity index (χ3v) is 4.17. The molecule has 0 spiro atoms. The molecule has 1 atom stereocenters. The quantitative estimate of drug-likeness (QED) is 0.849. The van der Waals surface area contributed by atoms with Gasteiger partial charge in [0, 0.05) is 0 Å². The number of aryl methyl sites for hydroxylation is 3. The Morgan fingerprint density at radius 1 is 0.789 bits per heavy atom. The van der Waals surface area contributed by atoms with Gasteiger partial charge in [-0.15, -0.1) is 0 Å². The monoisotopic (exact) mass is 253 g/mol. The first kappa shape index (κ1) is 13.8. The lowest BCUT2D eigenvalue weighted by Gasteiger charge is -2.21. The first-order valence-electron chi connectivity index (χ1n) is 6.81. The van der Waals surface area contributed by atoms with Crippen molar-refractivity contribution in [2.45, 2.75) is 40.7 Å². The van der Waals surface area contributed by atoms with Crippen LogP contribution >= 0.6 is 0 Å². The highest BCUT2D eigenvalue weighted by molar-refractivity contribution is 5.48. The van der Waals surface area contributed by atoms with E-state index >= 15 is 0 Å². The molecule has 0 aliphatic heterocycles. The molecule has 0 bridgehead atoms. The van der Waals surface area contributed by atoms with Crippen LogP contribution in [0.4, 0.5) is 0 Å². The minimum Gasteiger partial charge on any atom is -0.320 e. The van der Waals surface area contributed by atoms with E-state index in [4.69, 9.17) is 5.73 Å². The third kappa shape index (κ3) is 2.57. The normalized spacial score (nSPS) is 12.5. The van der Waals surface area contributed by atoms with Crippen molar-refractivity contribution in [3.63, 3.8) is 0 Å². The molecule has 0 amide bonds. The molecule has 2 rings (SSSR count). The lowest BCUT2D eigenvalue weighted by atomic mass is 9.87. The second-order valence-electron chi connectivity index (χ2n) is 5.56. The molecule has 19 heavy (non-hydrogen) atoms. The second-order valence-corrected chi connectivity index (χ2v) is 5.56. The first-order valence-corrected chi connectivity index (χ1v) is 6.81. The van der Waals surface area contributed by atoms with E-state index in [-0.39, 0.29) is 6.04 Å². The molecule has 0 radical (unpaired) electrons. The van der Waals surface area contributed by atoms with Crippen LogP contribution < -0.4 is 5.73 Å². The zero-order chi connectivity index (χ0) is 14.2. The summed E-state index contributed by atoms with van der Waals surface area (Å²) in [7, 11) is 0. The van der Waals surface area contributed by atoms with Crippen LogP contribution in [0.15, 0.2) is 30.3 Å². The van der Waals surface area contributed by atoms with Crippen LogP contribution in [0.1, 0.15) is 45.0 Å². The van der Waals surface area contributed by atoms with Crippen LogP contribution in [-0.2, 0) is 0 Å². The summed E-state index contributed by atoms with van der Waals surface area (Å²) in [6.07, 6.45) is 0. The summed E-state index contributed by atoms with van der Waals surface area (Å²) in [4.78, 5) is 0. The van der Waals surface area contributed by atoms with Gasteiger partial charge in [0.15, 0.2) is 0 Å². The number of benzene rings is 2. The van der Waals surface area contributed by atoms with E-state index in [1.54, 1.807) is 0 Å². The lowest BCUT2D eigenvalue weighted by Crippen LogP contribution is -2.16. The molecule has 2 N–H and O–H groups in total. The molecule has 0 aliphatic carbocycles. The van der Waals surface area contributed by atoms with E-state index in [2.05, 4.69) is 65.0 Å². The van der Waals surface area contributed by atoms with Gasteiger partial charge in [0.1, 0.15) is 0 Å². The Hall–Kier alpha value is -1.60. The standard InChI is InChI=1S/C18H23N/c1-11-6-8-16(9-7-11)18(19)17-14(4)12(2)10-13(3)15(17)5/h6-10,18H,19H2,1-5H3. The van der Waals surface area contributed by atoms with Crippen LogP contribution in [0.5, 0.6) is 0 Å². The molecule has 1 nitrogen and oxygen atoms in total. The summed E-state index contributed by atoms with van der Waals surface area (Å²) in [6.45, 7) is 10.8. The fourth-order valence-corrected chi connectivity index (χ4v) is 2.65. The largest absolute Gasteiger partial charge is 0.320 e. The predicted molar refractivity (Wildman–Crippen MR) is 82.6 cm³/mol. The Morgan fingerprint density at radius 3 is 1.74 bits per heavy atom. The maximum Gasteiger partial charge on any atom is 0.0557 e. The summed E-state index contributed by atoms with van der Waals surface area (Å²) in [5, 5.41) is 0. The molecular formula is C18H23N. The Bertz CT molecular complexity index is 568. The van der Waals surface area contributed by atoms with Gasteiger partial charge in [-0.2, -0.15) is 0 Å². The third-order valence-electron chi connectivity index (χ3n) is 4.17. The smallest absolute Gasteiger partial charge is 0.0557 e. The number of rotatable bonds is 2. The van der Waals surface area contributed by atoms with Crippen molar-refractivity contribution >= 4 is 0 Å². The van der Waals surface area contributed by atoms with Crippen LogP contribution in [0.3, 0.4) is 0 Å². The fourth-order valence-electron chi connectivity index (χ4n) is 2.65. The molecular weight excluding hydrogens is 230 g/mol. The van der Waals surface area contributed by atoms with Crippen molar-refractivity contribution in [3.05, 3.63) is 69.3 Å². The van der Waals surface area contributed by atoms with Crippen LogP contribution in [0, 0.1) is 34.6 Å². The Morgan fingerprint density at radius 2 is 1.26 bits per heavy atom. The van der Waals surface area contributed by atoms with Gasteiger partial charge in [-0.25, -0.2) is 0 Å². The van der Waals surface area contributed by atoms with Crippen molar-refractivity contribution in [2.24, 2.45) is 5.73 Å². The van der Waals surface area contributed by atoms with Gasteiger partial charge in [0.05, 0.1) is 6.04 Å². The topological polar surface area (TPSA) is 26.0 Å². The molecule has 100 valence electrons. The molecule has 0 saturated carbocycles. The highest BCUT2D eigenvalue weighted by atomic mass is 14.6.